The molecular formula is C19H21BrN4O3. The zero-order valence-corrected chi connectivity index (χ0v) is 16.8. The van der Waals surface area contributed by atoms with Gasteiger partial charge in [-0.1, -0.05) is 24.3 Å². The predicted molar refractivity (Wildman–Crippen MR) is 110 cm³/mol. The molecule has 0 heterocycles. The lowest BCUT2D eigenvalue weighted by Gasteiger charge is -2.22. The quantitative estimate of drug-likeness (QED) is 0.389. The highest BCUT2D eigenvalue weighted by Crippen LogP contribution is 2.26. The minimum Gasteiger partial charge on any atom is -0.371 e. The van der Waals surface area contributed by atoms with E-state index < -0.39 is 10.8 Å². The maximum atomic E-state index is 12.0. The highest BCUT2D eigenvalue weighted by atomic mass is 79.9. The lowest BCUT2D eigenvalue weighted by molar-refractivity contribution is -0.385. The third-order valence-corrected chi connectivity index (χ3v) is 4.65. The van der Waals surface area contributed by atoms with E-state index in [4.69, 9.17) is 0 Å². The van der Waals surface area contributed by atoms with Crippen molar-refractivity contribution in [2.75, 3.05) is 18.0 Å². The van der Waals surface area contributed by atoms with Gasteiger partial charge in [0, 0.05) is 29.2 Å². The smallest absolute Gasteiger partial charge is 0.273 e. The molecule has 0 aliphatic heterocycles. The molecular weight excluding hydrogens is 412 g/mol. The number of nitrogens with one attached hydrogen (secondary N) is 1. The zero-order chi connectivity index (χ0) is 19.8. The van der Waals surface area contributed by atoms with Gasteiger partial charge in [-0.3, -0.25) is 14.9 Å². The number of hydrogen-bond acceptors (Lipinski definition) is 5. The Morgan fingerprint density at radius 1 is 1.26 bits per heavy atom. The molecule has 7 nitrogen and oxygen atoms in total. The fraction of sp³-hybridized carbons (Fsp3) is 0.263. The summed E-state index contributed by atoms with van der Waals surface area (Å²) >= 11 is 3.56. The number of benzene rings is 2. The van der Waals surface area contributed by atoms with Crippen LogP contribution in [0.3, 0.4) is 0 Å². The molecule has 0 aromatic heterocycles. The average Bonchev–Trinajstić information content (AvgIpc) is 2.64. The minimum absolute atomic E-state index is 0.0763. The summed E-state index contributed by atoms with van der Waals surface area (Å²) in [7, 11) is 0. The van der Waals surface area contributed by atoms with Crippen LogP contribution < -0.4 is 10.3 Å². The van der Waals surface area contributed by atoms with Crippen molar-refractivity contribution in [1.29, 1.82) is 0 Å². The molecule has 0 bridgehead atoms. The van der Waals surface area contributed by atoms with E-state index in [-0.39, 0.29) is 12.1 Å². The molecule has 0 fully saturated rings. The summed E-state index contributed by atoms with van der Waals surface area (Å²) in [5.74, 6) is -0.417. The van der Waals surface area contributed by atoms with E-state index in [0.29, 0.717) is 5.56 Å². The number of hydrazone groups is 1. The topological polar surface area (TPSA) is 87.8 Å². The zero-order valence-electron chi connectivity index (χ0n) is 15.2. The van der Waals surface area contributed by atoms with Gasteiger partial charge in [0.1, 0.15) is 0 Å². The number of anilines is 1. The summed E-state index contributed by atoms with van der Waals surface area (Å²) in [6.45, 7) is 6.00. The molecule has 0 aliphatic rings. The highest BCUT2D eigenvalue weighted by Gasteiger charge is 2.15. The van der Waals surface area contributed by atoms with Gasteiger partial charge in [-0.15, -0.1) is 0 Å². The van der Waals surface area contributed by atoms with Crippen molar-refractivity contribution in [3.05, 3.63) is 68.2 Å². The molecule has 142 valence electrons. The summed E-state index contributed by atoms with van der Waals surface area (Å²) in [4.78, 5) is 24.7. The van der Waals surface area contributed by atoms with Gasteiger partial charge in [0.15, 0.2) is 0 Å². The van der Waals surface area contributed by atoms with Crippen molar-refractivity contribution >= 4 is 39.4 Å². The van der Waals surface area contributed by atoms with E-state index >= 15 is 0 Å². The van der Waals surface area contributed by atoms with Crippen molar-refractivity contribution in [3.8, 4) is 0 Å². The molecule has 8 heteroatoms. The van der Waals surface area contributed by atoms with Crippen molar-refractivity contribution in [1.82, 2.24) is 5.43 Å². The van der Waals surface area contributed by atoms with Gasteiger partial charge < -0.3 is 4.90 Å². The van der Waals surface area contributed by atoms with Gasteiger partial charge in [-0.25, -0.2) is 5.43 Å². The van der Waals surface area contributed by atoms with Crippen LogP contribution in [0.5, 0.6) is 0 Å². The standard InChI is InChI=1S/C19H21BrN4O3/c1-3-23(4-2)18-10-9-14(11-16(18)20)13-21-22-19(25)12-15-7-5-6-8-17(15)24(26)27/h5-11,13H,3-4,12H2,1-2H3,(H,22,25)/b21-13+. The Morgan fingerprint density at radius 3 is 2.59 bits per heavy atom. The van der Waals surface area contributed by atoms with Gasteiger partial charge in [0.25, 0.3) is 5.69 Å². The van der Waals surface area contributed by atoms with Crippen molar-refractivity contribution < 1.29 is 9.72 Å². The predicted octanol–water partition coefficient (Wildman–Crippen LogP) is 3.90. The van der Waals surface area contributed by atoms with Gasteiger partial charge in [-0.05, 0) is 47.5 Å². The number of rotatable bonds is 8. The largest absolute Gasteiger partial charge is 0.371 e. The molecule has 0 saturated carbocycles. The van der Waals surface area contributed by atoms with Crippen LogP contribution in [-0.2, 0) is 11.2 Å². The first kappa shape index (κ1) is 20.6. The van der Waals surface area contributed by atoms with E-state index in [1.54, 1.807) is 18.2 Å². The van der Waals surface area contributed by atoms with Crippen LogP contribution in [0.15, 0.2) is 52.0 Å². The number of amides is 1. The molecule has 27 heavy (non-hydrogen) atoms. The molecule has 0 radical (unpaired) electrons. The summed E-state index contributed by atoms with van der Waals surface area (Å²) < 4.78 is 0.946. The lowest BCUT2D eigenvalue weighted by atomic mass is 10.1. The SMILES string of the molecule is CCN(CC)c1ccc(/C=N/NC(=O)Cc2ccccc2[N+](=O)[O-])cc1Br. The second-order valence-corrected chi connectivity index (χ2v) is 6.59. The molecule has 0 unspecified atom stereocenters. The second kappa shape index (κ2) is 9.82. The molecule has 2 aromatic rings. The number of nitro groups is 1. The molecule has 2 aromatic carbocycles. The van der Waals surface area contributed by atoms with E-state index in [1.807, 2.05) is 18.2 Å². The number of carbonyl (C=O) groups excluding carboxylic acids is 1. The van der Waals surface area contributed by atoms with Crippen LogP contribution in [0, 0.1) is 10.1 Å². The van der Waals surface area contributed by atoms with Crippen LogP contribution in [0.25, 0.3) is 0 Å². The Bertz CT molecular complexity index is 851. The third kappa shape index (κ3) is 5.62. The number of halogens is 1. The monoisotopic (exact) mass is 432 g/mol. The van der Waals surface area contributed by atoms with Crippen LogP contribution in [0.2, 0.25) is 0 Å². The van der Waals surface area contributed by atoms with Crippen molar-refractivity contribution in [3.63, 3.8) is 0 Å². The first-order valence-corrected chi connectivity index (χ1v) is 9.34. The van der Waals surface area contributed by atoms with Gasteiger partial charge >= 0.3 is 0 Å². The normalized spacial score (nSPS) is 10.8. The maximum Gasteiger partial charge on any atom is 0.273 e. The number of para-hydroxylation sites is 1. The van der Waals surface area contributed by atoms with E-state index in [1.165, 1.54) is 12.3 Å². The Hall–Kier alpha value is -2.74. The van der Waals surface area contributed by atoms with Gasteiger partial charge in [0.2, 0.25) is 5.91 Å². The first-order chi connectivity index (χ1) is 13.0. The summed E-state index contributed by atoms with van der Waals surface area (Å²) in [6, 6.07) is 12.0. The summed E-state index contributed by atoms with van der Waals surface area (Å²) in [5.41, 5.74) is 4.60. The maximum absolute atomic E-state index is 12.0. The Kier molecular flexibility index (Phi) is 7.48. The third-order valence-electron chi connectivity index (χ3n) is 4.02. The number of hydrogen-bond donors (Lipinski definition) is 1. The fourth-order valence-corrected chi connectivity index (χ4v) is 3.30. The van der Waals surface area contributed by atoms with Crippen LogP contribution in [-0.4, -0.2) is 30.1 Å². The van der Waals surface area contributed by atoms with E-state index in [9.17, 15) is 14.9 Å². The van der Waals surface area contributed by atoms with E-state index in [2.05, 4.69) is 45.2 Å². The fourth-order valence-electron chi connectivity index (χ4n) is 2.65. The Balaban J connectivity index is 2.00. The Morgan fingerprint density at radius 2 is 1.96 bits per heavy atom. The number of carbonyl (C=O) groups is 1. The minimum atomic E-state index is -0.499. The summed E-state index contributed by atoms with van der Waals surface area (Å²) in [5, 5.41) is 14.9. The van der Waals surface area contributed by atoms with Crippen LogP contribution in [0.4, 0.5) is 11.4 Å². The Labute approximate surface area is 166 Å². The highest BCUT2D eigenvalue weighted by molar-refractivity contribution is 9.10. The molecule has 0 saturated heterocycles. The van der Waals surface area contributed by atoms with Crippen LogP contribution in [0.1, 0.15) is 25.0 Å². The van der Waals surface area contributed by atoms with Crippen LogP contribution >= 0.6 is 15.9 Å². The first-order valence-electron chi connectivity index (χ1n) is 8.55. The van der Waals surface area contributed by atoms with Crippen molar-refractivity contribution in [2.24, 2.45) is 5.10 Å². The van der Waals surface area contributed by atoms with Gasteiger partial charge in [0.05, 0.1) is 23.2 Å². The van der Waals surface area contributed by atoms with E-state index in [0.717, 1.165) is 28.8 Å². The van der Waals surface area contributed by atoms with Crippen molar-refractivity contribution in [2.45, 2.75) is 20.3 Å². The molecule has 0 spiro atoms. The van der Waals surface area contributed by atoms with Gasteiger partial charge in [-0.2, -0.15) is 5.10 Å². The molecule has 1 N–H and O–H groups in total. The number of nitro benzene ring substituents is 1. The molecule has 0 atom stereocenters. The molecule has 2 rings (SSSR count). The summed E-state index contributed by atoms with van der Waals surface area (Å²) in [6.07, 6.45) is 1.42. The molecule has 1 amide bonds. The number of nitrogens with zero attached hydrogens (tertiary/aromatic N) is 3. The lowest BCUT2D eigenvalue weighted by Crippen LogP contribution is -2.22. The average molecular weight is 433 g/mol. The second-order valence-electron chi connectivity index (χ2n) is 5.74. The molecule has 0 aliphatic carbocycles.